The van der Waals surface area contributed by atoms with Crippen molar-refractivity contribution in [3.63, 3.8) is 0 Å². The van der Waals surface area contributed by atoms with Crippen molar-refractivity contribution in [2.45, 2.75) is 44.5 Å². The standard InChI is InChI=1S/C26H25N3O5/c1-2-33-25(31)23-24(30)29(22-11-7-6-10-21(22)27-23)20-14-18-12-13-19(15-20)28(18)26(32)34-16-17-8-4-3-5-9-17/h3-13,18-20H,2,14-16H2,1H3/t18-,19?,20?/m1/s1. The predicted molar refractivity (Wildman–Crippen MR) is 125 cm³/mol. The maximum Gasteiger partial charge on any atom is 0.411 e. The van der Waals surface area contributed by atoms with Gasteiger partial charge < -0.3 is 14.0 Å². The van der Waals surface area contributed by atoms with Gasteiger partial charge in [-0.3, -0.25) is 9.69 Å². The number of fused-ring (bicyclic) bond motifs is 3. The first-order chi connectivity index (χ1) is 16.6. The number of benzene rings is 2. The second-order valence-corrected chi connectivity index (χ2v) is 8.44. The predicted octanol–water partition coefficient (Wildman–Crippen LogP) is 3.85. The molecule has 34 heavy (non-hydrogen) atoms. The molecule has 1 fully saturated rings. The van der Waals surface area contributed by atoms with E-state index in [0.29, 0.717) is 23.9 Å². The van der Waals surface area contributed by atoms with Crippen molar-refractivity contribution in [1.29, 1.82) is 0 Å². The first-order valence-corrected chi connectivity index (χ1v) is 11.4. The molecule has 2 bridgehead atoms. The number of carbonyl (C=O) groups excluding carboxylic acids is 2. The lowest BCUT2D eigenvalue weighted by molar-refractivity contribution is 0.0515. The molecular weight excluding hydrogens is 434 g/mol. The Bertz CT molecular complexity index is 1300. The summed E-state index contributed by atoms with van der Waals surface area (Å²) < 4.78 is 12.3. The summed E-state index contributed by atoms with van der Waals surface area (Å²) in [4.78, 5) is 44.7. The van der Waals surface area contributed by atoms with Crippen LogP contribution in [0, 0.1) is 0 Å². The van der Waals surface area contributed by atoms with Crippen molar-refractivity contribution in [3.05, 3.63) is 88.4 Å². The molecule has 2 aliphatic heterocycles. The lowest BCUT2D eigenvalue weighted by atomic mass is 9.96. The average molecular weight is 460 g/mol. The molecule has 2 aromatic carbocycles. The van der Waals surface area contributed by atoms with Crippen LogP contribution in [0.1, 0.15) is 41.9 Å². The highest BCUT2D eigenvalue weighted by Gasteiger charge is 2.42. The quantitative estimate of drug-likeness (QED) is 0.425. The van der Waals surface area contributed by atoms with Gasteiger partial charge in [-0.05, 0) is 37.5 Å². The molecule has 8 nitrogen and oxygen atoms in total. The number of carbonyl (C=O) groups is 2. The first-order valence-electron chi connectivity index (χ1n) is 11.4. The fourth-order valence-corrected chi connectivity index (χ4v) is 4.85. The van der Waals surface area contributed by atoms with Crippen molar-refractivity contribution in [1.82, 2.24) is 14.5 Å². The number of hydrogen-bond acceptors (Lipinski definition) is 6. The van der Waals surface area contributed by atoms with Gasteiger partial charge in [-0.2, -0.15) is 0 Å². The van der Waals surface area contributed by atoms with Crippen LogP contribution in [0.15, 0.2) is 71.5 Å². The second kappa shape index (κ2) is 9.13. The Morgan fingerprint density at radius 1 is 0.971 bits per heavy atom. The van der Waals surface area contributed by atoms with E-state index in [1.54, 1.807) is 22.5 Å². The topological polar surface area (TPSA) is 90.7 Å². The Morgan fingerprint density at radius 2 is 1.65 bits per heavy atom. The third kappa shape index (κ3) is 3.96. The normalized spacial score (nSPS) is 21.0. The fourth-order valence-electron chi connectivity index (χ4n) is 4.85. The Hall–Kier alpha value is -3.94. The Morgan fingerprint density at radius 3 is 2.35 bits per heavy atom. The monoisotopic (exact) mass is 459 g/mol. The molecule has 1 aromatic heterocycles. The molecule has 0 saturated carbocycles. The lowest BCUT2D eigenvalue weighted by Crippen LogP contribution is -2.49. The summed E-state index contributed by atoms with van der Waals surface area (Å²) >= 11 is 0. The third-order valence-corrected chi connectivity index (χ3v) is 6.34. The van der Waals surface area contributed by atoms with E-state index < -0.39 is 11.5 Å². The van der Waals surface area contributed by atoms with Crippen LogP contribution >= 0.6 is 0 Å². The number of esters is 1. The minimum atomic E-state index is -0.727. The van der Waals surface area contributed by atoms with E-state index in [-0.39, 0.29) is 43.1 Å². The van der Waals surface area contributed by atoms with Crippen molar-refractivity contribution >= 4 is 23.1 Å². The number of piperidine rings is 1. The molecule has 0 spiro atoms. The smallest absolute Gasteiger partial charge is 0.411 e. The summed E-state index contributed by atoms with van der Waals surface area (Å²) in [5, 5.41) is 0. The Balaban J connectivity index is 1.41. The van der Waals surface area contributed by atoms with Gasteiger partial charge in [-0.1, -0.05) is 54.6 Å². The van der Waals surface area contributed by atoms with E-state index >= 15 is 0 Å². The van der Waals surface area contributed by atoms with Crippen LogP contribution in [0.25, 0.3) is 11.0 Å². The summed E-state index contributed by atoms with van der Waals surface area (Å²) in [6.07, 6.45) is 4.68. The van der Waals surface area contributed by atoms with E-state index in [0.717, 1.165) is 5.56 Å². The van der Waals surface area contributed by atoms with Crippen molar-refractivity contribution in [2.24, 2.45) is 0 Å². The number of rotatable bonds is 5. The molecule has 1 amide bonds. The molecular formula is C26H25N3O5. The van der Waals surface area contributed by atoms with Gasteiger partial charge >= 0.3 is 12.1 Å². The zero-order chi connectivity index (χ0) is 23.7. The molecule has 8 heteroatoms. The minimum absolute atomic E-state index is 0.157. The number of ether oxygens (including phenoxy) is 2. The van der Waals surface area contributed by atoms with Crippen LogP contribution in [-0.4, -0.2) is 45.2 Å². The van der Waals surface area contributed by atoms with Gasteiger partial charge in [0.15, 0.2) is 0 Å². The van der Waals surface area contributed by atoms with Gasteiger partial charge in [0.25, 0.3) is 5.56 Å². The third-order valence-electron chi connectivity index (χ3n) is 6.34. The molecule has 5 rings (SSSR count). The summed E-state index contributed by atoms with van der Waals surface area (Å²) in [5.74, 6) is -0.727. The molecule has 3 aromatic rings. The van der Waals surface area contributed by atoms with Gasteiger partial charge in [0.2, 0.25) is 5.69 Å². The highest BCUT2D eigenvalue weighted by Crippen LogP contribution is 2.38. The van der Waals surface area contributed by atoms with Crippen LogP contribution in [0.4, 0.5) is 4.79 Å². The van der Waals surface area contributed by atoms with Crippen LogP contribution in [-0.2, 0) is 16.1 Å². The largest absolute Gasteiger partial charge is 0.461 e. The molecule has 3 heterocycles. The number of para-hydroxylation sites is 2. The fraction of sp³-hybridized carbons (Fsp3) is 0.308. The maximum absolute atomic E-state index is 13.4. The Labute approximate surface area is 196 Å². The van der Waals surface area contributed by atoms with Gasteiger partial charge in [-0.25, -0.2) is 14.6 Å². The molecule has 2 aliphatic rings. The maximum atomic E-state index is 13.4. The molecule has 0 aliphatic carbocycles. The molecule has 0 radical (unpaired) electrons. The van der Waals surface area contributed by atoms with Crippen molar-refractivity contribution in [3.8, 4) is 0 Å². The zero-order valence-electron chi connectivity index (χ0n) is 18.8. The molecule has 174 valence electrons. The average Bonchev–Trinajstić information content (AvgIpc) is 3.12. The number of aromatic nitrogens is 2. The number of nitrogens with zero attached hydrogens (tertiary/aromatic N) is 3. The molecule has 1 saturated heterocycles. The summed E-state index contributed by atoms with van der Waals surface area (Å²) in [7, 11) is 0. The second-order valence-electron chi connectivity index (χ2n) is 8.44. The van der Waals surface area contributed by atoms with Gasteiger partial charge in [0.05, 0.1) is 29.7 Å². The SMILES string of the molecule is CCOC(=O)c1nc2ccccc2n(C2CC3C=C[C@H](C2)N3C(=O)OCc2ccccc2)c1=O. The first kappa shape index (κ1) is 21.9. The van der Waals surface area contributed by atoms with Crippen LogP contribution in [0.3, 0.4) is 0 Å². The van der Waals surface area contributed by atoms with Crippen LogP contribution in [0.5, 0.6) is 0 Å². The molecule has 3 atom stereocenters. The van der Waals surface area contributed by atoms with Gasteiger partial charge in [-0.15, -0.1) is 0 Å². The molecule has 2 unspecified atom stereocenters. The van der Waals surface area contributed by atoms with E-state index in [9.17, 15) is 14.4 Å². The summed E-state index contributed by atoms with van der Waals surface area (Å²) in [6.45, 7) is 2.05. The van der Waals surface area contributed by atoms with E-state index in [4.69, 9.17) is 9.47 Å². The summed E-state index contributed by atoms with van der Waals surface area (Å²) in [5.41, 5.74) is 1.44. The lowest BCUT2D eigenvalue weighted by Gasteiger charge is -2.39. The Kier molecular flexibility index (Phi) is 5.88. The van der Waals surface area contributed by atoms with Crippen molar-refractivity contribution in [2.75, 3.05) is 6.61 Å². The minimum Gasteiger partial charge on any atom is -0.461 e. The van der Waals surface area contributed by atoms with Crippen LogP contribution < -0.4 is 5.56 Å². The summed E-state index contributed by atoms with van der Waals surface area (Å²) in [6, 6.07) is 16.2. The van der Waals surface area contributed by atoms with E-state index in [1.165, 1.54) is 0 Å². The highest BCUT2D eigenvalue weighted by atomic mass is 16.6. The van der Waals surface area contributed by atoms with Gasteiger partial charge in [0, 0.05) is 6.04 Å². The van der Waals surface area contributed by atoms with E-state index in [1.807, 2.05) is 60.7 Å². The number of hydrogen-bond donors (Lipinski definition) is 0. The van der Waals surface area contributed by atoms with Crippen molar-refractivity contribution < 1.29 is 19.1 Å². The highest BCUT2D eigenvalue weighted by molar-refractivity contribution is 5.89. The number of amides is 1. The van der Waals surface area contributed by atoms with Gasteiger partial charge in [0.1, 0.15) is 6.61 Å². The molecule has 0 N–H and O–H groups in total. The van der Waals surface area contributed by atoms with E-state index in [2.05, 4.69) is 4.98 Å². The zero-order valence-corrected chi connectivity index (χ0v) is 18.8. The van der Waals surface area contributed by atoms with Crippen LogP contribution in [0.2, 0.25) is 0 Å².